The number of aliphatic hydroxyl groups excluding tert-OH is 1. The molecule has 0 radical (unpaired) electrons. The summed E-state index contributed by atoms with van der Waals surface area (Å²) in [6.07, 6.45) is -1.35. The van der Waals surface area contributed by atoms with Crippen LogP contribution in [0.15, 0.2) is 12.1 Å². The Morgan fingerprint density at radius 3 is 2.00 bits per heavy atom. The molecule has 1 unspecified atom stereocenters. The maximum atomic E-state index is 11.9. The molecule has 0 amide bonds. The van der Waals surface area contributed by atoms with Gasteiger partial charge in [-0.15, -0.1) is 0 Å². The van der Waals surface area contributed by atoms with Gasteiger partial charge >= 0.3 is 11.9 Å². The molecule has 0 aliphatic rings. The topological polar surface area (TPSA) is 200 Å². The number of carboxylic acid groups (broad SMARTS) is 2. The fourth-order valence-electron chi connectivity index (χ4n) is 3.43. The zero-order valence-electron chi connectivity index (χ0n) is 18.8. The SMILES string of the molecule is CCc1c(OCC(O)COc2cc(C(=O)O)cc([N+](=O)[O-])c2Cl)c(Cl)c([N+](=O)[O-])c(CC)c1C(=O)O. The summed E-state index contributed by atoms with van der Waals surface area (Å²) in [5, 5.41) is 50.9. The van der Waals surface area contributed by atoms with Crippen LogP contribution in [0.3, 0.4) is 0 Å². The molecule has 0 aromatic heterocycles. The molecule has 2 rings (SSSR count). The van der Waals surface area contributed by atoms with E-state index in [0.717, 1.165) is 12.1 Å². The number of aliphatic hydroxyl groups is 1. The van der Waals surface area contributed by atoms with Crippen molar-refractivity contribution in [3.63, 3.8) is 0 Å². The lowest BCUT2D eigenvalue weighted by molar-refractivity contribution is -0.385. The van der Waals surface area contributed by atoms with Gasteiger partial charge in [0.2, 0.25) is 0 Å². The van der Waals surface area contributed by atoms with Crippen molar-refractivity contribution in [2.45, 2.75) is 32.8 Å². The molecule has 0 fully saturated rings. The number of benzene rings is 2. The van der Waals surface area contributed by atoms with Crippen LogP contribution in [0.2, 0.25) is 10.0 Å². The summed E-state index contributed by atoms with van der Waals surface area (Å²) in [5.41, 5.74) is -2.12. The van der Waals surface area contributed by atoms with Crippen molar-refractivity contribution in [3.8, 4) is 11.5 Å². The smallest absolute Gasteiger partial charge is 0.336 e. The molecular formula is C21H20Cl2N2O11. The Kier molecular flexibility index (Phi) is 9.39. The van der Waals surface area contributed by atoms with Crippen LogP contribution in [0.5, 0.6) is 11.5 Å². The van der Waals surface area contributed by atoms with Gasteiger partial charge in [-0.2, -0.15) is 0 Å². The summed E-state index contributed by atoms with van der Waals surface area (Å²) in [7, 11) is 0. The average molecular weight is 547 g/mol. The molecule has 0 heterocycles. The second-order valence-electron chi connectivity index (χ2n) is 7.24. The third kappa shape index (κ3) is 5.93. The van der Waals surface area contributed by atoms with Crippen LogP contribution in [-0.4, -0.2) is 56.4 Å². The first-order valence-electron chi connectivity index (χ1n) is 10.2. The number of hydrogen-bond acceptors (Lipinski definition) is 9. The van der Waals surface area contributed by atoms with Gasteiger partial charge in [-0.1, -0.05) is 37.0 Å². The minimum absolute atomic E-state index is 0.0176. The molecule has 15 heteroatoms. The molecule has 0 spiro atoms. The normalized spacial score (nSPS) is 11.6. The number of aromatic carboxylic acids is 2. The van der Waals surface area contributed by atoms with Crippen molar-refractivity contribution in [1.29, 1.82) is 0 Å². The molecule has 0 bridgehead atoms. The van der Waals surface area contributed by atoms with Crippen LogP contribution in [-0.2, 0) is 12.8 Å². The van der Waals surface area contributed by atoms with Crippen LogP contribution in [0, 0.1) is 20.2 Å². The lowest BCUT2D eigenvalue weighted by Gasteiger charge is -2.20. The van der Waals surface area contributed by atoms with E-state index in [9.17, 15) is 40.0 Å². The van der Waals surface area contributed by atoms with Gasteiger partial charge in [0.25, 0.3) is 11.4 Å². The van der Waals surface area contributed by atoms with Gasteiger partial charge in [0.05, 0.1) is 21.0 Å². The number of rotatable bonds is 12. The highest BCUT2D eigenvalue weighted by Gasteiger charge is 2.32. The summed E-state index contributed by atoms with van der Waals surface area (Å²) in [6.45, 7) is 1.98. The van der Waals surface area contributed by atoms with E-state index in [1.54, 1.807) is 13.8 Å². The standard InChI is InChI=1S/C21H20Cl2N2O11/c1-3-11-15(21(29)30)12(4-2)19(17(23)18(11)25(33)34)36-8-10(26)7-35-14-6-9(20(27)28)5-13(16(14)22)24(31)32/h5-6,10,26H,3-4,7-8H2,1-2H3,(H,27,28)(H,29,30). The van der Waals surface area contributed by atoms with E-state index >= 15 is 0 Å². The van der Waals surface area contributed by atoms with Gasteiger partial charge in [0.1, 0.15) is 30.8 Å². The summed E-state index contributed by atoms with van der Waals surface area (Å²) < 4.78 is 10.7. The first-order valence-corrected chi connectivity index (χ1v) is 11.0. The number of halogens is 2. The van der Waals surface area contributed by atoms with E-state index in [0.29, 0.717) is 0 Å². The number of nitro benzene ring substituents is 2. The maximum Gasteiger partial charge on any atom is 0.336 e. The van der Waals surface area contributed by atoms with Gasteiger partial charge in [0.15, 0.2) is 10.0 Å². The van der Waals surface area contributed by atoms with Crippen LogP contribution in [0.4, 0.5) is 11.4 Å². The number of carbonyl (C=O) groups is 2. The van der Waals surface area contributed by atoms with Crippen molar-refractivity contribution in [3.05, 3.63) is 64.7 Å². The Morgan fingerprint density at radius 1 is 0.944 bits per heavy atom. The van der Waals surface area contributed by atoms with Gasteiger partial charge < -0.3 is 24.8 Å². The predicted molar refractivity (Wildman–Crippen MR) is 126 cm³/mol. The van der Waals surface area contributed by atoms with Crippen LogP contribution >= 0.6 is 23.2 Å². The summed E-state index contributed by atoms with van der Waals surface area (Å²) >= 11 is 12.1. The average Bonchev–Trinajstić information content (AvgIpc) is 2.80. The van der Waals surface area contributed by atoms with Gasteiger partial charge in [0, 0.05) is 17.2 Å². The first-order chi connectivity index (χ1) is 16.8. The summed E-state index contributed by atoms with van der Waals surface area (Å²) in [4.78, 5) is 44.1. The highest BCUT2D eigenvalue weighted by atomic mass is 35.5. The third-order valence-electron chi connectivity index (χ3n) is 4.99. The van der Waals surface area contributed by atoms with E-state index in [1.807, 2.05) is 0 Å². The van der Waals surface area contributed by atoms with E-state index in [-0.39, 0.29) is 41.0 Å². The second kappa shape index (κ2) is 11.8. The van der Waals surface area contributed by atoms with Crippen molar-refractivity contribution in [2.75, 3.05) is 13.2 Å². The van der Waals surface area contributed by atoms with E-state index < -0.39 is 68.1 Å². The lowest BCUT2D eigenvalue weighted by atomic mass is 9.94. The lowest BCUT2D eigenvalue weighted by Crippen LogP contribution is -2.26. The minimum atomic E-state index is -1.48. The predicted octanol–water partition coefficient (Wildman–Crippen LogP) is 4.15. The first kappa shape index (κ1) is 28.6. The second-order valence-corrected chi connectivity index (χ2v) is 7.99. The quantitative estimate of drug-likeness (QED) is 0.255. The van der Waals surface area contributed by atoms with Gasteiger partial charge in [-0.25, -0.2) is 9.59 Å². The van der Waals surface area contributed by atoms with Crippen molar-refractivity contribution < 1.29 is 44.2 Å². The van der Waals surface area contributed by atoms with Crippen LogP contribution in [0.1, 0.15) is 45.7 Å². The number of nitrogens with zero attached hydrogens (tertiary/aromatic N) is 2. The Labute approximate surface area is 213 Å². The summed E-state index contributed by atoms with van der Waals surface area (Å²) in [5.74, 6) is -3.56. The summed E-state index contributed by atoms with van der Waals surface area (Å²) in [6, 6.07) is 1.68. The monoisotopic (exact) mass is 546 g/mol. The maximum absolute atomic E-state index is 11.9. The third-order valence-corrected chi connectivity index (χ3v) is 5.72. The highest BCUT2D eigenvalue weighted by Crippen LogP contribution is 2.43. The molecule has 36 heavy (non-hydrogen) atoms. The largest absolute Gasteiger partial charge is 0.489 e. The molecule has 13 nitrogen and oxygen atoms in total. The molecule has 0 aliphatic carbocycles. The number of hydrogen-bond donors (Lipinski definition) is 3. The fraction of sp³-hybridized carbons (Fsp3) is 0.333. The fourth-order valence-corrected chi connectivity index (χ4v) is 4.01. The molecule has 3 N–H and O–H groups in total. The molecule has 194 valence electrons. The number of nitro groups is 2. The molecule has 2 aromatic carbocycles. The Morgan fingerprint density at radius 2 is 1.53 bits per heavy atom. The molecule has 2 aromatic rings. The van der Waals surface area contributed by atoms with Crippen molar-refractivity contribution in [2.24, 2.45) is 0 Å². The minimum Gasteiger partial charge on any atom is -0.489 e. The van der Waals surface area contributed by atoms with Crippen molar-refractivity contribution in [1.82, 2.24) is 0 Å². The number of carboxylic acids is 2. The Bertz CT molecular complexity index is 1230. The van der Waals surface area contributed by atoms with Gasteiger partial charge in [-0.3, -0.25) is 20.2 Å². The van der Waals surface area contributed by atoms with Gasteiger partial charge in [-0.05, 0) is 18.9 Å². The Hall–Kier alpha value is -3.68. The van der Waals surface area contributed by atoms with Crippen LogP contribution < -0.4 is 9.47 Å². The van der Waals surface area contributed by atoms with E-state index in [1.165, 1.54) is 0 Å². The molecular weight excluding hydrogens is 527 g/mol. The van der Waals surface area contributed by atoms with Crippen molar-refractivity contribution >= 4 is 46.5 Å². The van der Waals surface area contributed by atoms with Crippen LogP contribution in [0.25, 0.3) is 0 Å². The molecule has 0 aliphatic heterocycles. The highest BCUT2D eigenvalue weighted by molar-refractivity contribution is 6.35. The number of ether oxygens (including phenoxy) is 2. The molecule has 0 saturated heterocycles. The zero-order chi connectivity index (χ0) is 27.3. The molecule has 1 atom stereocenters. The Balaban J connectivity index is 2.34. The van der Waals surface area contributed by atoms with E-state index in [2.05, 4.69) is 0 Å². The molecule has 0 saturated carbocycles. The van der Waals surface area contributed by atoms with E-state index in [4.69, 9.17) is 37.8 Å². The zero-order valence-corrected chi connectivity index (χ0v) is 20.3.